The topological polar surface area (TPSA) is 41.5 Å². The van der Waals surface area contributed by atoms with Crippen LogP contribution in [0.1, 0.15) is 24.8 Å². The standard InChI is InChI=1S/C14H18BrNO2/c1-3-4-5-6-7-16-10-11-8-12(15)14(17)13(9-11)18-2/h1,8-9,16-17H,4-7,10H2,2H3. The minimum Gasteiger partial charge on any atom is -0.503 e. The number of unbranched alkanes of at least 4 members (excludes halogenated alkanes) is 2. The lowest BCUT2D eigenvalue weighted by molar-refractivity contribution is 0.371. The molecule has 2 N–H and O–H groups in total. The minimum absolute atomic E-state index is 0.135. The molecule has 4 heteroatoms. The van der Waals surface area contributed by atoms with Crippen molar-refractivity contribution in [1.29, 1.82) is 0 Å². The third-order valence-electron chi connectivity index (χ3n) is 2.56. The number of methoxy groups -OCH3 is 1. The quantitative estimate of drug-likeness (QED) is 0.600. The second-order valence-electron chi connectivity index (χ2n) is 3.97. The number of phenolic OH excluding ortho intramolecular Hbond substituents is 1. The van der Waals surface area contributed by atoms with Crippen LogP contribution in [0.2, 0.25) is 0 Å². The fourth-order valence-electron chi connectivity index (χ4n) is 1.59. The number of phenols is 1. The number of hydrogen-bond donors (Lipinski definition) is 2. The summed E-state index contributed by atoms with van der Waals surface area (Å²) in [5.41, 5.74) is 1.06. The van der Waals surface area contributed by atoms with Gasteiger partial charge in [-0.3, -0.25) is 0 Å². The number of aromatic hydroxyl groups is 1. The Labute approximate surface area is 117 Å². The molecule has 0 amide bonds. The highest BCUT2D eigenvalue weighted by atomic mass is 79.9. The van der Waals surface area contributed by atoms with Gasteiger partial charge >= 0.3 is 0 Å². The lowest BCUT2D eigenvalue weighted by Gasteiger charge is -2.09. The van der Waals surface area contributed by atoms with E-state index >= 15 is 0 Å². The van der Waals surface area contributed by atoms with Gasteiger partial charge in [-0.15, -0.1) is 12.3 Å². The van der Waals surface area contributed by atoms with Crippen LogP contribution >= 0.6 is 15.9 Å². The van der Waals surface area contributed by atoms with Crippen LogP contribution in [0.5, 0.6) is 11.5 Å². The molecule has 0 fully saturated rings. The van der Waals surface area contributed by atoms with Crippen LogP contribution in [0.25, 0.3) is 0 Å². The van der Waals surface area contributed by atoms with E-state index in [0.717, 1.165) is 37.9 Å². The number of nitrogens with one attached hydrogen (secondary N) is 1. The predicted octanol–water partition coefficient (Wildman–Crippen LogP) is 3.06. The molecule has 0 unspecified atom stereocenters. The van der Waals surface area contributed by atoms with E-state index in [-0.39, 0.29) is 5.75 Å². The Kier molecular flexibility index (Phi) is 6.63. The zero-order valence-electron chi connectivity index (χ0n) is 10.5. The zero-order valence-corrected chi connectivity index (χ0v) is 12.1. The van der Waals surface area contributed by atoms with Crippen molar-refractivity contribution in [3.05, 3.63) is 22.2 Å². The van der Waals surface area contributed by atoms with Gasteiger partial charge in [0.1, 0.15) is 0 Å². The zero-order chi connectivity index (χ0) is 13.4. The lowest BCUT2D eigenvalue weighted by atomic mass is 10.2. The summed E-state index contributed by atoms with van der Waals surface area (Å²) in [6.07, 6.45) is 8.14. The molecule has 0 bridgehead atoms. The molecular weight excluding hydrogens is 294 g/mol. The number of halogens is 1. The van der Waals surface area contributed by atoms with Crippen molar-refractivity contribution < 1.29 is 9.84 Å². The van der Waals surface area contributed by atoms with Crippen molar-refractivity contribution in [1.82, 2.24) is 5.32 Å². The Bertz CT molecular complexity index is 427. The highest BCUT2D eigenvalue weighted by Gasteiger charge is 2.08. The molecule has 0 radical (unpaired) electrons. The van der Waals surface area contributed by atoms with Gasteiger partial charge in [-0.25, -0.2) is 0 Å². The van der Waals surface area contributed by atoms with Crippen LogP contribution in [0, 0.1) is 12.3 Å². The normalized spacial score (nSPS) is 10.1. The molecule has 0 atom stereocenters. The van der Waals surface area contributed by atoms with Gasteiger partial charge in [-0.05, 0) is 53.0 Å². The van der Waals surface area contributed by atoms with Crippen LogP contribution in [0.3, 0.4) is 0 Å². The third kappa shape index (κ3) is 4.59. The average Bonchev–Trinajstić information content (AvgIpc) is 2.37. The molecule has 1 aromatic rings. The first kappa shape index (κ1) is 14.9. The largest absolute Gasteiger partial charge is 0.503 e. The summed E-state index contributed by atoms with van der Waals surface area (Å²) < 4.78 is 5.74. The van der Waals surface area contributed by atoms with Crippen molar-refractivity contribution in [3.8, 4) is 23.8 Å². The van der Waals surface area contributed by atoms with Crippen molar-refractivity contribution in [2.45, 2.75) is 25.8 Å². The summed E-state index contributed by atoms with van der Waals surface area (Å²) in [5, 5.41) is 13.0. The molecule has 3 nitrogen and oxygen atoms in total. The van der Waals surface area contributed by atoms with E-state index in [4.69, 9.17) is 11.2 Å². The van der Waals surface area contributed by atoms with Crippen LogP contribution in [0.4, 0.5) is 0 Å². The molecule has 1 rings (SSSR count). The van der Waals surface area contributed by atoms with E-state index in [1.807, 2.05) is 12.1 Å². The Morgan fingerprint density at radius 3 is 2.89 bits per heavy atom. The van der Waals surface area contributed by atoms with Crippen LogP contribution in [-0.4, -0.2) is 18.8 Å². The van der Waals surface area contributed by atoms with E-state index < -0.39 is 0 Å². The average molecular weight is 312 g/mol. The summed E-state index contributed by atoms with van der Waals surface area (Å²) in [6.45, 7) is 1.67. The second kappa shape index (κ2) is 8.02. The van der Waals surface area contributed by atoms with Gasteiger partial charge in [0.15, 0.2) is 11.5 Å². The smallest absolute Gasteiger partial charge is 0.172 e. The number of hydrogen-bond acceptors (Lipinski definition) is 3. The summed E-state index contributed by atoms with van der Waals surface area (Å²) in [7, 11) is 1.54. The number of ether oxygens (including phenoxy) is 1. The molecule has 1 aromatic carbocycles. The Morgan fingerprint density at radius 1 is 1.44 bits per heavy atom. The number of benzene rings is 1. The van der Waals surface area contributed by atoms with Crippen LogP contribution < -0.4 is 10.1 Å². The van der Waals surface area contributed by atoms with Gasteiger partial charge in [0.05, 0.1) is 11.6 Å². The van der Waals surface area contributed by atoms with Crippen molar-refractivity contribution in [2.75, 3.05) is 13.7 Å². The van der Waals surface area contributed by atoms with Gasteiger partial charge in [0.2, 0.25) is 0 Å². The molecular formula is C14H18BrNO2. The molecule has 18 heavy (non-hydrogen) atoms. The van der Waals surface area contributed by atoms with Crippen molar-refractivity contribution in [3.63, 3.8) is 0 Å². The lowest BCUT2D eigenvalue weighted by Crippen LogP contribution is -2.14. The molecule has 0 aromatic heterocycles. The summed E-state index contributed by atoms with van der Waals surface area (Å²) >= 11 is 3.30. The fraction of sp³-hybridized carbons (Fsp3) is 0.429. The maximum atomic E-state index is 9.68. The monoisotopic (exact) mass is 311 g/mol. The highest BCUT2D eigenvalue weighted by molar-refractivity contribution is 9.10. The van der Waals surface area contributed by atoms with Gasteiger partial charge in [-0.1, -0.05) is 0 Å². The molecule has 0 spiro atoms. The first-order valence-corrected chi connectivity index (χ1v) is 6.68. The third-order valence-corrected chi connectivity index (χ3v) is 3.17. The van der Waals surface area contributed by atoms with Gasteiger partial charge in [0, 0.05) is 13.0 Å². The van der Waals surface area contributed by atoms with Crippen molar-refractivity contribution in [2.24, 2.45) is 0 Å². The SMILES string of the molecule is C#CCCCCNCc1cc(Br)c(O)c(OC)c1. The summed E-state index contributed by atoms with van der Waals surface area (Å²) in [4.78, 5) is 0. The van der Waals surface area contributed by atoms with E-state index in [1.165, 1.54) is 0 Å². The Morgan fingerprint density at radius 2 is 2.22 bits per heavy atom. The fourth-order valence-corrected chi connectivity index (χ4v) is 2.08. The molecule has 98 valence electrons. The van der Waals surface area contributed by atoms with Crippen LogP contribution in [0.15, 0.2) is 16.6 Å². The van der Waals surface area contributed by atoms with Gasteiger partial charge < -0.3 is 15.2 Å². The van der Waals surface area contributed by atoms with E-state index in [1.54, 1.807) is 7.11 Å². The van der Waals surface area contributed by atoms with Crippen molar-refractivity contribution >= 4 is 15.9 Å². The molecule has 0 aliphatic heterocycles. The van der Waals surface area contributed by atoms with E-state index in [2.05, 4.69) is 27.2 Å². The van der Waals surface area contributed by atoms with Gasteiger partial charge in [0.25, 0.3) is 0 Å². The molecule has 0 aliphatic carbocycles. The van der Waals surface area contributed by atoms with E-state index in [0.29, 0.717) is 10.2 Å². The van der Waals surface area contributed by atoms with E-state index in [9.17, 15) is 5.11 Å². The number of rotatable bonds is 7. The first-order valence-electron chi connectivity index (χ1n) is 5.88. The second-order valence-corrected chi connectivity index (χ2v) is 4.82. The van der Waals surface area contributed by atoms with Gasteiger partial charge in [-0.2, -0.15) is 0 Å². The maximum Gasteiger partial charge on any atom is 0.172 e. The predicted molar refractivity (Wildman–Crippen MR) is 76.7 cm³/mol. The minimum atomic E-state index is 0.135. The summed E-state index contributed by atoms with van der Waals surface area (Å²) in [6, 6.07) is 3.71. The number of terminal acetylenes is 1. The first-order chi connectivity index (χ1) is 8.69. The molecule has 0 saturated carbocycles. The summed E-state index contributed by atoms with van der Waals surface area (Å²) in [5.74, 6) is 3.24. The molecule has 0 saturated heterocycles. The maximum absolute atomic E-state index is 9.68. The van der Waals surface area contributed by atoms with Crippen LogP contribution in [-0.2, 0) is 6.54 Å². The Hall–Kier alpha value is -1.18. The Balaban J connectivity index is 2.43. The highest BCUT2D eigenvalue weighted by Crippen LogP contribution is 2.35. The molecule has 0 heterocycles. The molecule has 0 aliphatic rings.